The average Bonchev–Trinajstić information content (AvgIpc) is 3.14. The number of fused-ring (bicyclic) bond motifs is 1. The van der Waals surface area contributed by atoms with Crippen LogP contribution in [0.15, 0.2) is 64.4 Å². The number of aromatic amines is 1. The summed E-state index contributed by atoms with van der Waals surface area (Å²) in [5.41, 5.74) is 7.92. The number of allylic oxidation sites excluding steroid dienone is 1. The van der Waals surface area contributed by atoms with E-state index in [-0.39, 0.29) is 11.2 Å². The van der Waals surface area contributed by atoms with Crippen LogP contribution in [0.1, 0.15) is 51.2 Å². The van der Waals surface area contributed by atoms with Gasteiger partial charge in [-0.1, -0.05) is 75.0 Å². The number of aromatic nitrogens is 2. The van der Waals surface area contributed by atoms with Gasteiger partial charge in [0.2, 0.25) is 0 Å². The van der Waals surface area contributed by atoms with Gasteiger partial charge in [0, 0.05) is 0 Å². The van der Waals surface area contributed by atoms with Gasteiger partial charge < -0.3 is 4.98 Å². The molecule has 1 aromatic heterocycles. The first-order valence-electron chi connectivity index (χ1n) is 10.2. The smallest absolute Gasteiger partial charge is 0.253 e. The highest BCUT2D eigenvalue weighted by molar-refractivity contribution is 8.00. The third-order valence-corrected chi connectivity index (χ3v) is 5.97. The highest BCUT2D eigenvalue weighted by Gasteiger charge is 2.19. The summed E-state index contributed by atoms with van der Waals surface area (Å²) >= 11 is 1.42. The van der Waals surface area contributed by atoms with E-state index in [1.54, 1.807) is 6.21 Å². The largest absolute Gasteiger partial charge is 0.333 e. The van der Waals surface area contributed by atoms with E-state index < -0.39 is 0 Å². The molecule has 0 aliphatic heterocycles. The van der Waals surface area contributed by atoms with Crippen molar-refractivity contribution < 1.29 is 4.79 Å². The molecule has 1 heterocycles. The molecule has 0 aliphatic rings. The molecule has 0 saturated heterocycles. The highest BCUT2D eigenvalue weighted by Crippen LogP contribution is 2.25. The van der Waals surface area contributed by atoms with Crippen molar-refractivity contribution in [1.82, 2.24) is 15.4 Å². The number of thioether (sulfide) groups is 1. The Morgan fingerprint density at radius 1 is 1.20 bits per heavy atom. The van der Waals surface area contributed by atoms with E-state index in [1.807, 2.05) is 44.2 Å². The normalized spacial score (nSPS) is 13.3. The summed E-state index contributed by atoms with van der Waals surface area (Å²) in [5.74, 6) is 0.387. The summed E-state index contributed by atoms with van der Waals surface area (Å²) in [6.07, 6.45) is 4.40. The van der Waals surface area contributed by atoms with Gasteiger partial charge in [-0.3, -0.25) is 4.79 Å². The lowest BCUT2D eigenvalue weighted by Crippen LogP contribution is -2.28. The molecule has 5 nitrogen and oxygen atoms in total. The van der Waals surface area contributed by atoms with Crippen LogP contribution in [0.25, 0.3) is 17.1 Å². The molecule has 1 atom stereocenters. The Kier molecular flexibility index (Phi) is 7.46. The van der Waals surface area contributed by atoms with Crippen LogP contribution >= 0.6 is 11.8 Å². The van der Waals surface area contributed by atoms with E-state index in [9.17, 15) is 4.79 Å². The lowest BCUT2D eigenvalue weighted by atomic mass is 10.0. The Morgan fingerprint density at radius 2 is 1.93 bits per heavy atom. The fourth-order valence-electron chi connectivity index (χ4n) is 2.99. The van der Waals surface area contributed by atoms with Crippen molar-refractivity contribution in [2.24, 2.45) is 5.10 Å². The predicted octanol–water partition coefficient (Wildman–Crippen LogP) is 5.76. The average molecular weight is 421 g/mol. The number of carbonyl (C=O) groups is 1. The van der Waals surface area contributed by atoms with Crippen molar-refractivity contribution in [1.29, 1.82) is 0 Å². The minimum Gasteiger partial charge on any atom is -0.333 e. The van der Waals surface area contributed by atoms with Crippen LogP contribution in [-0.4, -0.2) is 27.3 Å². The van der Waals surface area contributed by atoms with Crippen molar-refractivity contribution in [2.75, 3.05) is 0 Å². The van der Waals surface area contributed by atoms with Crippen LogP contribution in [-0.2, 0) is 4.79 Å². The fourth-order valence-corrected chi connectivity index (χ4v) is 3.91. The van der Waals surface area contributed by atoms with Crippen LogP contribution < -0.4 is 5.43 Å². The van der Waals surface area contributed by atoms with Gasteiger partial charge in [-0.15, -0.1) is 0 Å². The molecule has 2 N–H and O–H groups in total. The number of para-hydroxylation sites is 2. The first-order chi connectivity index (χ1) is 14.5. The zero-order chi connectivity index (χ0) is 21.5. The molecule has 6 heteroatoms. The molecule has 1 amide bonds. The number of nitrogens with one attached hydrogen (secondary N) is 2. The lowest BCUT2D eigenvalue weighted by Gasteiger charge is -2.10. The van der Waals surface area contributed by atoms with E-state index in [2.05, 4.69) is 58.6 Å². The summed E-state index contributed by atoms with van der Waals surface area (Å²) in [5, 5.41) is 4.60. The van der Waals surface area contributed by atoms with Gasteiger partial charge in [-0.05, 0) is 48.1 Å². The second kappa shape index (κ2) is 10.3. The lowest BCUT2D eigenvalue weighted by molar-refractivity contribution is -0.120. The van der Waals surface area contributed by atoms with Crippen molar-refractivity contribution in [2.45, 2.75) is 50.4 Å². The summed E-state index contributed by atoms with van der Waals surface area (Å²) < 4.78 is 0. The molecular formula is C24H28N4OS. The standard InChI is InChI=1S/C24H28N4OS/c1-5-22(30-24-26-20-8-6-7-9-21(20)27-24)23(29)28-25-15-17(4)14-18-10-12-19(13-11-18)16(2)3/h6-16,22H,5H2,1-4H3,(H,26,27)(H,28,29)/b17-14-,25-15?. The van der Waals surface area contributed by atoms with E-state index >= 15 is 0 Å². The van der Waals surface area contributed by atoms with E-state index in [0.29, 0.717) is 12.3 Å². The minimum absolute atomic E-state index is 0.131. The van der Waals surface area contributed by atoms with E-state index in [4.69, 9.17) is 0 Å². The molecule has 0 radical (unpaired) electrons. The molecular weight excluding hydrogens is 392 g/mol. The zero-order valence-corrected chi connectivity index (χ0v) is 18.7. The molecule has 2 aromatic carbocycles. The predicted molar refractivity (Wildman–Crippen MR) is 127 cm³/mol. The van der Waals surface area contributed by atoms with Crippen molar-refractivity contribution in [3.05, 3.63) is 65.2 Å². The maximum absolute atomic E-state index is 12.5. The molecule has 0 aliphatic carbocycles. The Hall–Kier alpha value is -2.86. The maximum atomic E-state index is 12.5. The number of imidazole rings is 1. The summed E-state index contributed by atoms with van der Waals surface area (Å²) in [6.45, 7) is 8.31. The SMILES string of the molecule is CCC(Sc1nc2ccccc2[nH]1)C(=O)NN=C/C(C)=C\c1ccc(C(C)C)cc1. The topological polar surface area (TPSA) is 70.1 Å². The second-order valence-corrected chi connectivity index (χ2v) is 8.71. The number of amides is 1. The quantitative estimate of drug-likeness (QED) is 0.276. The number of nitrogens with zero attached hydrogens (tertiary/aromatic N) is 2. The highest BCUT2D eigenvalue weighted by atomic mass is 32.2. The monoisotopic (exact) mass is 420 g/mol. The third kappa shape index (κ3) is 5.83. The third-order valence-electron chi connectivity index (χ3n) is 4.73. The van der Waals surface area contributed by atoms with Crippen LogP contribution in [0.5, 0.6) is 0 Å². The number of benzene rings is 2. The van der Waals surface area contributed by atoms with Gasteiger partial charge in [0.15, 0.2) is 5.16 Å². The van der Waals surface area contributed by atoms with E-state index in [0.717, 1.165) is 27.3 Å². The molecule has 3 aromatic rings. The zero-order valence-electron chi connectivity index (χ0n) is 17.8. The first kappa shape index (κ1) is 21.8. The first-order valence-corrected chi connectivity index (χ1v) is 11.1. The van der Waals surface area contributed by atoms with Gasteiger partial charge >= 0.3 is 0 Å². The minimum atomic E-state index is -0.268. The number of H-pyrrole nitrogens is 1. The molecule has 30 heavy (non-hydrogen) atoms. The summed E-state index contributed by atoms with van der Waals surface area (Å²) in [4.78, 5) is 20.3. The van der Waals surface area contributed by atoms with Gasteiger partial charge in [-0.25, -0.2) is 10.4 Å². The maximum Gasteiger partial charge on any atom is 0.253 e. The molecule has 1 unspecified atom stereocenters. The summed E-state index contributed by atoms with van der Waals surface area (Å²) in [6, 6.07) is 16.3. The second-order valence-electron chi connectivity index (χ2n) is 7.52. The Bertz CT molecular complexity index is 1020. The summed E-state index contributed by atoms with van der Waals surface area (Å²) in [7, 11) is 0. The van der Waals surface area contributed by atoms with Gasteiger partial charge in [0.1, 0.15) is 0 Å². The van der Waals surface area contributed by atoms with Crippen molar-refractivity contribution in [3.8, 4) is 0 Å². The van der Waals surface area contributed by atoms with Crippen LogP contribution in [0.2, 0.25) is 0 Å². The van der Waals surface area contributed by atoms with Gasteiger partial charge in [0.25, 0.3) is 5.91 Å². The van der Waals surface area contributed by atoms with Crippen LogP contribution in [0.3, 0.4) is 0 Å². The van der Waals surface area contributed by atoms with Gasteiger partial charge in [0.05, 0.1) is 22.5 Å². The Morgan fingerprint density at radius 3 is 2.60 bits per heavy atom. The van der Waals surface area contributed by atoms with Crippen molar-refractivity contribution >= 4 is 41.0 Å². The van der Waals surface area contributed by atoms with Crippen LogP contribution in [0.4, 0.5) is 0 Å². The molecule has 0 spiro atoms. The van der Waals surface area contributed by atoms with Crippen LogP contribution in [0, 0.1) is 0 Å². The van der Waals surface area contributed by atoms with E-state index in [1.165, 1.54) is 17.3 Å². The number of hydrazone groups is 1. The number of hydrogen-bond donors (Lipinski definition) is 2. The van der Waals surface area contributed by atoms with Crippen molar-refractivity contribution in [3.63, 3.8) is 0 Å². The fraction of sp³-hybridized carbons (Fsp3) is 0.292. The Labute approximate surface area is 182 Å². The molecule has 0 fully saturated rings. The number of carbonyl (C=O) groups excluding carboxylic acids is 1. The Balaban J connectivity index is 1.57. The molecule has 0 bridgehead atoms. The number of hydrogen-bond acceptors (Lipinski definition) is 4. The number of rotatable bonds is 8. The molecule has 156 valence electrons. The van der Waals surface area contributed by atoms with Gasteiger partial charge in [-0.2, -0.15) is 5.10 Å². The molecule has 3 rings (SSSR count). The molecule has 0 saturated carbocycles.